The molecule has 2 aliphatic rings. The summed E-state index contributed by atoms with van der Waals surface area (Å²) in [5.41, 5.74) is 2.26. The number of carbonyl (C=O) groups is 1. The minimum atomic E-state index is 0.115. The zero-order valence-corrected chi connectivity index (χ0v) is 10.1. The van der Waals surface area contributed by atoms with Crippen LogP contribution in [0.5, 0.6) is 0 Å². The predicted molar refractivity (Wildman–Crippen MR) is 69.0 cm³/mol. The smallest absolute Gasteiger partial charge is 0.232 e. The summed E-state index contributed by atoms with van der Waals surface area (Å²) < 4.78 is 0. The van der Waals surface area contributed by atoms with Crippen molar-refractivity contribution in [3.63, 3.8) is 0 Å². The fourth-order valence-electron chi connectivity index (χ4n) is 3.35. The lowest BCUT2D eigenvalue weighted by Crippen LogP contribution is -2.20. The van der Waals surface area contributed by atoms with E-state index in [4.69, 9.17) is 0 Å². The fourth-order valence-corrected chi connectivity index (χ4v) is 3.35. The summed E-state index contributed by atoms with van der Waals surface area (Å²) in [6, 6.07) is 8.17. The maximum atomic E-state index is 12.1. The number of carbonyl (C=O) groups excluding carboxylic acids is 1. The molecule has 17 heavy (non-hydrogen) atoms. The van der Waals surface area contributed by atoms with Crippen molar-refractivity contribution in [1.29, 1.82) is 0 Å². The minimum absolute atomic E-state index is 0.115. The lowest BCUT2D eigenvalue weighted by atomic mass is 9.82. The van der Waals surface area contributed by atoms with Crippen LogP contribution in [0, 0.1) is 5.92 Å². The zero-order valence-electron chi connectivity index (χ0n) is 10.1. The molecule has 0 bridgehead atoms. The number of hydrogen-bond donors (Lipinski definition) is 1. The molecule has 90 valence electrons. The quantitative estimate of drug-likeness (QED) is 0.731. The number of rotatable bonds is 1. The van der Waals surface area contributed by atoms with Crippen LogP contribution in [0.2, 0.25) is 0 Å². The first-order valence-electron chi connectivity index (χ1n) is 6.76. The summed E-state index contributed by atoms with van der Waals surface area (Å²) in [4.78, 5) is 12.1. The first-order valence-corrected chi connectivity index (χ1v) is 6.76. The third-order valence-corrected chi connectivity index (χ3v) is 4.21. The second-order valence-corrected chi connectivity index (χ2v) is 5.31. The molecular weight excluding hydrogens is 210 g/mol. The normalized spacial score (nSPS) is 25.2. The van der Waals surface area contributed by atoms with Crippen molar-refractivity contribution >= 4 is 11.6 Å². The summed E-state index contributed by atoms with van der Waals surface area (Å²) in [6.45, 7) is 0. The highest BCUT2D eigenvalue weighted by atomic mass is 16.2. The molecule has 1 aromatic rings. The van der Waals surface area contributed by atoms with Crippen molar-refractivity contribution in [1.82, 2.24) is 0 Å². The van der Waals surface area contributed by atoms with Gasteiger partial charge >= 0.3 is 0 Å². The monoisotopic (exact) mass is 229 g/mol. The summed E-state index contributed by atoms with van der Waals surface area (Å²) >= 11 is 0. The van der Waals surface area contributed by atoms with Gasteiger partial charge in [0.1, 0.15) is 0 Å². The summed E-state index contributed by atoms with van der Waals surface area (Å²) in [6.07, 6.45) is 7.69. The molecule has 1 N–H and O–H groups in total. The van der Waals surface area contributed by atoms with Gasteiger partial charge in [-0.2, -0.15) is 0 Å². The van der Waals surface area contributed by atoms with E-state index in [-0.39, 0.29) is 11.8 Å². The summed E-state index contributed by atoms with van der Waals surface area (Å²) in [5.74, 6) is 0.892. The minimum Gasteiger partial charge on any atom is -0.325 e. The van der Waals surface area contributed by atoms with Crippen LogP contribution in [0.25, 0.3) is 0 Å². The summed E-state index contributed by atoms with van der Waals surface area (Å²) in [7, 11) is 0. The number of benzene rings is 1. The Morgan fingerprint density at radius 1 is 1.00 bits per heavy atom. The molecule has 0 aromatic heterocycles. The van der Waals surface area contributed by atoms with Gasteiger partial charge in [0.05, 0.1) is 5.92 Å². The van der Waals surface area contributed by atoms with E-state index in [0.717, 1.165) is 5.69 Å². The van der Waals surface area contributed by atoms with Crippen LogP contribution in [0.1, 0.15) is 50.0 Å². The van der Waals surface area contributed by atoms with Crippen LogP contribution in [0.15, 0.2) is 24.3 Å². The predicted octanol–water partition coefficient (Wildman–Crippen LogP) is 3.69. The van der Waals surface area contributed by atoms with Crippen LogP contribution in [0.3, 0.4) is 0 Å². The molecule has 1 aliphatic heterocycles. The molecule has 1 aliphatic carbocycles. The van der Waals surface area contributed by atoms with Gasteiger partial charge in [-0.05, 0) is 30.4 Å². The van der Waals surface area contributed by atoms with E-state index in [2.05, 4.69) is 11.4 Å². The highest BCUT2D eigenvalue weighted by Crippen LogP contribution is 2.42. The van der Waals surface area contributed by atoms with E-state index >= 15 is 0 Å². The first-order chi connectivity index (χ1) is 8.36. The lowest BCUT2D eigenvalue weighted by molar-refractivity contribution is -0.118. The van der Waals surface area contributed by atoms with E-state index in [1.54, 1.807) is 0 Å². The first kappa shape index (κ1) is 10.8. The van der Waals surface area contributed by atoms with Crippen LogP contribution >= 0.6 is 0 Å². The molecule has 1 aromatic carbocycles. The Hall–Kier alpha value is -1.31. The van der Waals surface area contributed by atoms with Crippen molar-refractivity contribution in [2.75, 3.05) is 5.32 Å². The van der Waals surface area contributed by atoms with Gasteiger partial charge in [-0.3, -0.25) is 4.79 Å². The molecule has 3 rings (SSSR count). The number of fused-ring (bicyclic) bond motifs is 1. The number of hydrogen-bond acceptors (Lipinski definition) is 1. The summed E-state index contributed by atoms with van der Waals surface area (Å²) in [5, 5.41) is 3.03. The van der Waals surface area contributed by atoms with Gasteiger partial charge in [-0.25, -0.2) is 0 Å². The van der Waals surface area contributed by atoms with Gasteiger partial charge in [0.2, 0.25) is 5.91 Å². The van der Waals surface area contributed by atoms with Crippen molar-refractivity contribution in [2.45, 2.75) is 44.4 Å². The van der Waals surface area contributed by atoms with Crippen LogP contribution in [-0.2, 0) is 4.79 Å². The third-order valence-electron chi connectivity index (χ3n) is 4.21. The second-order valence-electron chi connectivity index (χ2n) is 5.31. The van der Waals surface area contributed by atoms with Gasteiger partial charge in [0, 0.05) is 5.69 Å². The van der Waals surface area contributed by atoms with Crippen LogP contribution in [-0.4, -0.2) is 5.91 Å². The van der Waals surface area contributed by atoms with Gasteiger partial charge < -0.3 is 5.32 Å². The Kier molecular flexibility index (Phi) is 2.87. The SMILES string of the molecule is O=C1Nc2ccccc2[C@@H]1C1CCCCCC1. The molecule has 1 fully saturated rings. The molecule has 0 unspecified atom stereocenters. The van der Waals surface area contributed by atoms with Crippen molar-refractivity contribution < 1.29 is 4.79 Å². The molecule has 2 heteroatoms. The zero-order chi connectivity index (χ0) is 11.7. The third kappa shape index (κ3) is 1.97. The number of anilines is 1. The van der Waals surface area contributed by atoms with Gasteiger partial charge in [0.25, 0.3) is 0 Å². The Morgan fingerprint density at radius 3 is 2.47 bits per heavy atom. The Labute approximate surface area is 102 Å². The van der Waals surface area contributed by atoms with E-state index in [9.17, 15) is 4.79 Å². The van der Waals surface area contributed by atoms with Crippen LogP contribution in [0.4, 0.5) is 5.69 Å². The molecule has 1 heterocycles. The highest BCUT2D eigenvalue weighted by molar-refractivity contribution is 6.03. The van der Waals surface area contributed by atoms with Crippen molar-refractivity contribution in [3.8, 4) is 0 Å². The van der Waals surface area contributed by atoms with E-state index in [1.807, 2.05) is 18.2 Å². The largest absolute Gasteiger partial charge is 0.325 e. The molecule has 0 radical (unpaired) electrons. The fraction of sp³-hybridized carbons (Fsp3) is 0.533. The Balaban J connectivity index is 1.89. The molecule has 0 spiro atoms. The average molecular weight is 229 g/mol. The standard InChI is InChI=1S/C15H19NO/c17-15-14(11-7-3-1-2-4-8-11)12-9-5-6-10-13(12)16-15/h5-6,9-11,14H,1-4,7-8H2,(H,16,17)/t14-/m0/s1. The van der Waals surface area contributed by atoms with Crippen LogP contribution < -0.4 is 5.32 Å². The second kappa shape index (κ2) is 4.52. The van der Waals surface area contributed by atoms with Gasteiger partial charge in [-0.1, -0.05) is 43.9 Å². The number of amides is 1. The van der Waals surface area contributed by atoms with E-state index in [0.29, 0.717) is 5.92 Å². The number of para-hydroxylation sites is 1. The van der Waals surface area contributed by atoms with Gasteiger partial charge in [0.15, 0.2) is 0 Å². The maximum absolute atomic E-state index is 12.1. The lowest BCUT2D eigenvalue weighted by Gasteiger charge is -2.20. The highest BCUT2D eigenvalue weighted by Gasteiger charge is 2.36. The molecule has 2 nitrogen and oxygen atoms in total. The molecule has 0 saturated heterocycles. The molecular formula is C15H19NO. The Morgan fingerprint density at radius 2 is 1.71 bits per heavy atom. The van der Waals surface area contributed by atoms with Gasteiger partial charge in [-0.15, -0.1) is 0 Å². The molecule has 1 saturated carbocycles. The van der Waals surface area contributed by atoms with Crippen molar-refractivity contribution in [3.05, 3.63) is 29.8 Å². The molecule has 1 atom stereocenters. The average Bonchev–Trinajstić information content (AvgIpc) is 2.53. The number of nitrogens with one attached hydrogen (secondary N) is 1. The van der Waals surface area contributed by atoms with E-state index < -0.39 is 0 Å². The maximum Gasteiger partial charge on any atom is 0.232 e. The topological polar surface area (TPSA) is 29.1 Å². The Bertz CT molecular complexity index is 419. The molecule has 1 amide bonds. The van der Waals surface area contributed by atoms with Crippen molar-refractivity contribution in [2.24, 2.45) is 5.92 Å². The van der Waals surface area contributed by atoms with E-state index in [1.165, 1.54) is 44.1 Å².